The minimum atomic E-state index is 0.243. The van der Waals surface area contributed by atoms with Crippen molar-refractivity contribution in [3.63, 3.8) is 0 Å². The first-order valence-corrected chi connectivity index (χ1v) is 6.83. The predicted molar refractivity (Wildman–Crippen MR) is 73.3 cm³/mol. The van der Waals surface area contributed by atoms with Crippen molar-refractivity contribution in [2.75, 3.05) is 5.32 Å². The molecular weight excluding hydrogens is 308 g/mol. The third kappa shape index (κ3) is 2.75. The van der Waals surface area contributed by atoms with Crippen molar-refractivity contribution < 1.29 is 0 Å². The summed E-state index contributed by atoms with van der Waals surface area (Å²) in [6.45, 7) is 2.12. The van der Waals surface area contributed by atoms with Gasteiger partial charge < -0.3 is 5.32 Å². The highest BCUT2D eigenvalue weighted by Gasteiger charge is 2.10. The van der Waals surface area contributed by atoms with Crippen LogP contribution in [-0.4, -0.2) is 4.98 Å². The molecule has 2 aromatic rings. The fourth-order valence-corrected chi connectivity index (χ4v) is 3.32. The molecule has 0 saturated heterocycles. The molecule has 0 radical (unpaired) electrons. The van der Waals surface area contributed by atoms with Gasteiger partial charge in [-0.05, 0) is 46.4 Å². The first-order chi connectivity index (χ1) is 7.66. The molecule has 2 heterocycles. The van der Waals surface area contributed by atoms with Gasteiger partial charge in [0.15, 0.2) is 0 Å². The van der Waals surface area contributed by atoms with Gasteiger partial charge in [-0.15, -0.1) is 11.3 Å². The van der Waals surface area contributed by atoms with E-state index in [1.54, 1.807) is 17.5 Å². The zero-order valence-corrected chi connectivity index (χ0v) is 11.7. The molecule has 0 aliphatic heterocycles. The lowest BCUT2D eigenvalue weighted by molar-refractivity contribution is 0.902. The minimum Gasteiger partial charge on any atom is -0.378 e. The number of aromatic nitrogens is 1. The van der Waals surface area contributed by atoms with Gasteiger partial charge in [-0.1, -0.05) is 11.6 Å². The van der Waals surface area contributed by atoms with Crippen LogP contribution in [0.4, 0.5) is 5.69 Å². The Bertz CT molecular complexity index is 486. The summed E-state index contributed by atoms with van der Waals surface area (Å²) in [5.41, 5.74) is 0.979. The van der Waals surface area contributed by atoms with Gasteiger partial charge in [-0.3, -0.25) is 0 Å². The number of nitrogens with one attached hydrogen (secondary N) is 1. The Morgan fingerprint density at radius 2 is 2.31 bits per heavy atom. The average molecular weight is 318 g/mol. The number of halogens is 2. The van der Waals surface area contributed by atoms with Crippen molar-refractivity contribution in [2.24, 2.45) is 0 Å². The predicted octanol–water partition coefficient (Wildman–Crippen LogP) is 4.73. The SMILES string of the molecule is CC(Nc1ccnc(Cl)c1)c1sccc1Br. The summed E-state index contributed by atoms with van der Waals surface area (Å²) >= 11 is 11.1. The third-order valence-corrected chi connectivity index (χ3v) is 4.41. The highest BCUT2D eigenvalue weighted by Crippen LogP contribution is 2.31. The number of thiophene rings is 1. The summed E-state index contributed by atoms with van der Waals surface area (Å²) in [7, 11) is 0. The second kappa shape index (κ2) is 5.17. The average Bonchev–Trinajstić information content (AvgIpc) is 2.64. The Balaban J connectivity index is 2.14. The van der Waals surface area contributed by atoms with Gasteiger partial charge in [-0.25, -0.2) is 4.98 Å². The molecule has 0 spiro atoms. The summed E-state index contributed by atoms with van der Waals surface area (Å²) in [4.78, 5) is 5.22. The van der Waals surface area contributed by atoms with E-state index in [0.717, 1.165) is 10.2 Å². The lowest BCUT2D eigenvalue weighted by Gasteiger charge is -2.14. The van der Waals surface area contributed by atoms with Gasteiger partial charge >= 0.3 is 0 Å². The Labute approximate surface area is 112 Å². The second-order valence-electron chi connectivity index (χ2n) is 3.37. The van der Waals surface area contributed by atoms with E-state index in [9.17, 15) is 0 Å². The summed E-state index contributed by atoms with van der Waals surface area (Å²) in [6, 6.07) is 6.02. The molecule has 2 rings (SSSR count). The van der Waals surface area contributed by atoms with E-state index in [1.165, 1.54) is 4.88 Å². The Hall–Kier alpha value is -0.580. The van der Waals surface area contributed by atoms with Gasteiger partial charge in [-0.2, -0.15) is 0 Å². The van der Waals surface area contributed by atoms with Crippen molar-refractivity contribution in [3.8, 4) is 0 Å². The number of nitrogens with zero attached hydrogens (tertiary/aromatic N) is 1. The van der Waals surface area contributed by atoms with Gasteiger partial charge in [0.1, 0.15) is 5.15 Å². The van der Waals surface area contributed by atoms with E-state index in [2.05, 4.69) is 44.6 Å². The maximum atomic E-state index is 5.83. The molecule has 2 aromatic heterocycles. The summed E-state index contributed by atoms with van der Waals surface area (Å²) in [5, 5.41) is 5.95. The van der Waals surface area contributed by atoms with Gasteiger partial charge in [0.2, 0.25) is 0 Å². The van der Waals surface area contributed by atoms with Crippen LogP contribution in [0.25, 0.3) is 0 Å². The molecule has 84 valence electrons. The van der Waals surface area contributed by atoms with Crippen LogP contribution in [0.1, 0.15) is 17.8 Å². The molecule has 0 fully saturated rings. The largest absolute Gasteiger partial charge is 0.378 e. The molecule has 1 unspecified atom stereocenters. The summed E-state index contributed by atoms with van der Waals surface area (Å²) in [6.07, 6.45) is 1.70. The zero-order chi connectivity index (χ0) is 11.5. The van der Waals surface area contributed by atoms with Gasteiger partial charge in [0.05, 0.1) is 6.04 Å². The zero-order valence-electron chi connectivity index (χ0n) is 8.58. The van der Waals surface area contributed by atoms with E-state index in [1.807, 2.05) is 12.1 Å². The normalized spacial score (nSPS) is 12.4. The molecule has 1 atom stereocenters. The Morgan fingerprint density at radius 3 is 2.94 bits per heavy atom. The van der Waals surface area contributed by atoms with Crippen LogP contribution in [0.3, 0.4) is 0 Å². The van der Waals surface area contributed by atoms with Crippen molar-refractivity contribution in [1.29, 1.82) is 0 Å². The molecule has 16 heavy (non-hydrogen) atoms. The van der Waals surface area contributed by atoms with Crippen LogP contribution in [0.5, 0.6) is 0 Å². The smallest absolute Gasteiger partial charge is 0.131 e. The van der Waals surface area contributed by atoms with Crippen molar-refractivity contribution in [1.82, 2.24) is 4.98 Å². The second-order valence-corrected chi connectivity index (χ2v) is 5.56. The topological polar surface area (TPSA) is 24.9 Å². The van der Waals surface area contributed by atoms with Gasteiger partial charge in [0.25, 0.3) is 0 Å². The van der Waals surface area contributed by atoms with Crippen LogP contribution in [0.2, 0.25) is 5.15 Å². The number of hydrogen-bond donors (Lipinski definition) is 1. The molecule has 0 aromatic carbocycles. The van der Waals surface area contributed by atoms with Crippen LogP contribution in [0.15, 0.2) is 34.2 Å². The summed E-state index contributed by atoms with van der Waals surface area (Å²) in [5.74, 6) is 0. The maximum absolute atomic E-state index is 5.83. The molecule has 0 bridgehead atoms. The van der Waals surface area contributed by atoms with Crippen molar-refractivity contribution in [2.45, 2.75) is 13.0 Å². The molecule has 2 nitrogen and oxygen atoms in total. The standard InChI is InChI=1S/C11H10BrClN2S/c1-7(11-9(12)3-5-16-11)15-8-2-4-14-10(13)6-8/h2-7H,1H3,(H,14,15). The minimum absolute atomic E-state index is 0.243. The Kier molecular flexibility index (Phi) is 3.84. The van der Waals surface area contributed by atoms with Gasteiger partial charge in [0, 0.05) is 21.2 Å². The maximum Gasteiger partial charge on any atom is 0.131 e. The van der Waals surface area contributed by atoms with Crippen molar-refractivity contribution >= 4 is 44.6 Å². The third-order valence-electron chi connectivity index (χ3n) is 2.15. The van der Waals surface area contributed by atoms with Crippen LogP contribution >= 0.6 is 38.9 Å². The molecule has 0 saturated carbocycles. The molecule has 1 N–H and O–H groups in total. The number of anilines is 1. The molecule has 5 heteroatoms. The first-order valence-electron chi connectivity index (χ1n) is 4.78. The van der Waals surface area contributed by atoms with E-state index >= 15 is 0 Å². The first kappa shape index (κ1) is 11.9. The fraction of sp³-hybridized carbons (Fsp3) is 0.182. The quantitative estimate of drug-likeness (QED) is 0.828. The Morgan fingerprint density at radius 1 is 1.50 bits per heavy atom. The van der Waals surface area contributed by atoms with Crippen LogP contribution < -0.4 is 5.32 Å². The number of rotatable bonds is 3. The van der Waals surface area contributed by atoms with Crippen LogP contribution in [0, 0.1) is 0 Å². The van der Waals surface area contributed by atoms with E-state index in [4.69, 9.17) is 11.6 Å². The monoisotopic (exact) mass is 316 g/mol. The van der Waals surface area contributed by atoms with Crippen LogP contribution in [-0.2, 0) is 0 Å². The molecule has 0 aliphatic carbocycles. The number of pyridine rings is 1. The molecular formula is C11H10BrClN2S. The lowest BCUT2D eigenvalue weighted by Crippen LogP contribution is -2.05. The van der Waals surface area contributed by atoms with E-state index in [0.29, 0.717) is 5.15 Å². The highest BCUT2D eigenvalue weighted by molar-refractivity contribution is 9.10. The molecule has 0 amide bonds. The van der Waals surface area contributed by atoms with E-state index in [-0.39, 0.29) is 6.04 Å². The lowest BCUT2D eigenvalue weighted by atomic mass is 10.2. The number of hydrogen-bond acceptors (Lipinski definition) is 3. The fourth-order valence-electron chi connectivity index (χ4n) is 1.42. The van der Waals surface area contributed by atoms with E-state index < -0.39 is 0 Å². The highest BCUT2D eigenvalue weighted by atomic mass is 79.9. The summed E-state index contributed by atoms with van der Waals surface area (Å²) < 4.78 is 1.14. The van der Waals surface area contributed by atoms with Crippen molar-refractivity contribution in [3.05, 3.63) is 44.3 Å². The molecule has 0 aliphatic rings.